The number of rotatable bonds is 5. The van der Waals surface area contributed by atoms with E-state index < -0.39 is 10.0 Å². The van der Waals surface area contributed by atoms with Crippen LogP contribution in [0.5, 0.6) is 0 Å². The second-order valence-electron chi connectivity index (χ2n) is 6.13. The van der Waals surface area contributed by atoms with Crippen LogP contribution in [0, 0.1) is 0 Å². The number of aromatic nitrogens is 2. The lowest BCUT2D eigenvalue weighted by Gasteiger charge is -2.26. The maximum Gasteiger partial charge on any atom is 0.240 e. The van der Waals surface area contributed by atoms with Gasteiger partial charge >= 0.3 is 0 Å². The van der Waals surface area contributed by atoms with Crippen LogP contribution in [0.25, 0.3) is 11.3 Å². The fourth-order valence-corrected chi connectivity index (χ4v) is 4.12. The van der Waals surface area contributed by atoms with Crippen molar-refractivity contribution in [2.24, 2.45) is 0 Å². The highest BCUT2D eigenvalue weighted by molar-refractivity contribution is 7.89. The van der Waals surface area contributed by atoms with Crippen LogP contribution in [0.1, 0.15) is 5.82 Å². The monoisotopic (exact) mass is 369 g/mol. The van der Waals surface area contributed by atoms with Crippen LogP contribution in [-0.2, 0) is 27.9 Å². The van der Waals surface area contributed by atoms with E-state index >= 15 is 0 Å². The van der Waals surface area contributed by atoms with E-state index in [0.29, 0.717) is 13.2 Å². The van der Waals surface area contributed by atoms with E-state index in [0.717, 1.165) is 17.1 Å². The molecule has 0 amide bonds. The SMILES string of the molecule is O=S(=O)(NCC1Cn2c(-c3ccccc3)cnc2CO1)c1ccccc1. The number of benzene rings is 2. The van der Waals surface area contributed by atoms with Gasteiger partial charge in [-0.2, -0.15) is 0 Å². The first-order valence-corrected chi connectivity index (χ1v) is 9.88. The molecule has 0 bridgehead atoms. The van der Waals surface area contributed by atoms with Gasteiger partial charge in [0.2, 0.25) is 10.0 Å². The van der Waals surface area contributed by atoms with E-state index in [1.165, 1.54) is 0 Å². The van der Waals surface area contributed by atoms with Crippen molar-refractivity contribution in [3.63, 3.8) is 0 Å². The summed E-state index contributed by atoms with van der Waals surface area (Å²) in [4.78, 5) is 4.68. The van der Waals surface area contributed by atoms with Gasteiger partial charge < -0.3 is 9.30 Å². The molecular formula is C19H19N3O3S. The lowest BCUT2D eigenvalue weighted by atomic mass is 10.1. The Bertz CT molecular complexity index is 985. The molecule has 2 aromatic carbocycles. The fourth-order valence-electron chi connectivity index (χ4n) is 3.03. The van der Waals surface area contributed by atoms with Crippen LogP contribution >= 0.6 is 0 Å². The molecule has 0 saturated heterocycles. The summed E-state index contributed by atoms with van der Waals surface area (Å²) in [5.41, 5.74) is 2.09. The Balaban J connectivity index is 1.48. The van der Waals surface area contributed by atoms with Crippen molar-refractivity contribution < 1.29 is 13.2 Å². The van der Waals surface area contributed by atoms with Gasteiger partial charge in [-0.15, -0.1) is 0 Å². The lowest BCUT2D eigenvalue weighted by Crippen LogP contribution is -2.38. The molecule has 3 aromatic rings. The van der Waals surface area contributed by atoms with Gasteiger partial charge in [-0.25, -0.2) is 18.1 Å². The summed E-state index contributed by atoms with van der Waals surface area (Å²) in [7, 11) is -3.54. The van der Waals surface area contributed by atoms with Crippen molar-refractivity contribution in [3.05, 3.63) is 72.7 Å². The molecule has 1 aromatic heterocycles. The van der Waals surface area contributed by atoms with Crippen molar-refractivity contribution in [3.8, 4) is 11.3 Å². The predicted molar refractivity (Wildman–Crippen MR) is 97.9 cm³/mol. The van der Waals surface area contributed by atoms with Gasteiger partial charge in [0, 0.05) is 6.54 Å². The first-order chi connectivity index (χ1) is 12.6. The first-order valence-electron chi connectivity index (χ1n) is 8.39. The molecule has 0 saturated carbocycles. The summed E-state index contributed by atoms with van der Waals surface area (Å²) in [6, 6.07) is 18.4. The third-order valence-corrected chi connectivity index (χ3v) is 5.84. The minimum absolute atomic E-state index is 0.211. The van der Waals surface area contributed by atoms with Crippen LogP contribution in [0.3, 0.4) is 0 Å². The fraction of sp³-hybridized carbons (Fsp3) is 0.211. The Kier molecular flexibility index (Phi) is 4.58. The molecule has 134 valence electrons. The van der Waals surface area contributed by atoms with Crippen LogP contribution in [0.15, 0.2) is 71.8 Å². The predicted octanol–water partition coefficient (Wildman–Crippen LogP) is 2.43. The summed E-state index contributed by atoms with van der Waals surface area (Å²) in [5.74, 6) is 0.853. The number of fused-ring (bicyclic) bond motifs is 1. The van der Waals surface area contributed by atoms with E-state index in [-0.39, 0.29) is 17.5 Å². The maximum atomic E-state index is 12.4. The molecule has 0 fully saturated rings. The molecule has 0 spiro atoms. The Labute approximate surface area is 152 Å². The molecule has 7 heteroatoms. The molecule has 1 unspecified atom stereocenters. The lowest BCUT2D eigenvalue weighted by molar-refractivity contribution is 0.00634. The van der Waals surface area contributed by atoms with Crippen LogP contribution in [-0.4, -0.2) is 30.6 Å². The number of ether oxygens (including phenoxy) is 1. The highest BCUT2D eigenvalue weighted by atomic mass is 32.2. The largest absolute Gasteiger partial charge is 0.367 e. The quantitative estimate of drug-likeness (QED) is 0.750. The van der Waals surface area contributed by atoms with E-state index in [1.54, 1.807) is 30.3 Å². The van der Waals surface area contributed by atoms with Gasteiger partial charge in [-0.05, 0) is 17.7 Å². The molecule has 26 heavy (non-hydrogen) atoms. The van der Waals surface area contributed by atoms with Gasteiger partial charge in [0.05, 0.1) is 29.4 Å². The highest BCUT2D eigenvalue weighted by Gasteiger charge is 2.24. The molecular weight excluding hydrogens is 350 g/mol. The number of hydrogen-bond acceptors (Lipinski definition) is 4. The average Bonchev–Trinajstić information content (AvgIpc) is 3.11. The van der Waals surface area contributed by atoms with E-state index in [9.17, 15) is 8.42 Å². The van der Waals surface area contributed by atoms with Crippen molar-refractivity contribution in [2.45, 2.75) is 24.2 Å². The topological polar surface area (TPSA) is 73.2 Å². The van der Waals surface area contributed by atoms with E-state index in [1.807, 2.05) is 36.5 Å². The standard InChI is InChI=1S/C19H19N3O3S/c23-26(24,17-9-5-2-6-10-17)21-11-16-13-22-18(12-20-19(22)14-25-16)15-7-3-1-4-8-15/h1-10,12,16,21H,11,13-14H2. The molecule has 1 aliphatic rings. The van der Waals surface area contributed by atoms with Crippen molar-refractivity contribution in [1.82, 2.24) is 14.3 Å². The third kappa shape index (κ3) is 3.41. The van der Waals surface area contributed by atoms with Gasteiger partial charge in [0.15, 0.2) is 0 Å². The Morgan fingerprint density at radius 3 is 2.50 bits per heavy atom. The maximum absolute atomic E-state index is 12.4. The van der Waals surface area contributed by atoms with Gasteiger partial charge in [0.1, 0.15) is 12.4 Å². The minimum Gasteiger partial charge on any atom is -0.367 e. The number of sulfonamides is 1. The molecule has 6 nitrogen and oxygen atoms in total. The van der Waals surface area contributed by atoms with Gasteiger partial charge in [-0.3, -0.25) is 0 Å². The number of imidazole rings is 1. The smallest absolute Gasteiger partial charge is 0.240 e. The summed E-state index contributed by atoms with van der Waals surface area (Å²) in [6.45, 7) is 1.13. The van der Waals surface area contributed by atoms with Gasteiger partial charge in [-0.1, -0.05) is 48.5 Å². The Morgan fingerprint density at radius 2 is 1.77 bits per heavy atom. The Hall–Kier alpha value is -2.48. The minimum atomic E-state index is -3.54. The Morgan fingerprint density at radius 1 is 1.08 bits per heavy atom. The number of nitrogens with zero attached hydrogens (tertiary/aromatic N) is 2. The van der Waals surface area contributed by atoms with Crippen LogP contribution in [0.4, 0.5) is 0 Å². The van der Waals surface area contributed by atoms with E-state index in [4.69, 9.17) is 4.74 Å². The summed E-state index contributed by atoms with van der Waals surface area (Å²) in [6.07, 6.45) is 1.59. The average molecular weight is 369 g/mol. The van der Waals surface area contributed by atoms with Crippen LogP contribution in [0.2, 0.25) is 0 Å². The first kappa shape index (κ1) is 17.0. The zero-order chi connectivity index (χ0) is 18.0. The molecule has 0 radical (unpaired) electrons. The molecule has 0 aliphatic carbocycles. The molecule has 1 atom stereocenters. The van der Waals surface area contributed by atoms with E-state index in [2.05, 4.69) is 14.3 Å². The number of nitrogens with one attached hydrogen (secondary N) is 1. The van der Waals surface area contributed by atoms with Crippen LogP contribution < -0.4 is 4.72 Å². The highest BCUT2D eigenvalue weighted by Crippen LogP contribution is 2.24. The molecule has 1 aliphatic heterocycles. The van der Waals surface area contributed by atoms with Crippen molar-refractivity contribution in [2.75, 3.05) is 6.54 Å². The molecule has 1 N–H and O–H groups in total. The number of hydrogen-bond donors (Lipinski definition) is 1. The third-order valence-electron chi connectivity index (χ3n) is 4.40. The second-order valence-corrected chi connectivity index (χ2v) is 7.90. The molecule has 4 rings (SSSR count). The zero-order valence-electron chi connectivity index (χ0n) is 14.1. The van der Waals surface area contributed by atoms with Gasteiger partial charge in [0.25, 0.3) is 0 Å². The zero-order valence-corrected chi connectivity index (χ0v) is 14.9. The second kappa shape index (κ2) is 7.03. The summed E-state index contributed by atoms with van der Waals surface area (Å²) in [5, 5.41) is 0. The van der Waals surface area contributed by atoms with Crippen molar-refractivity contribution in [1.29, 1.82) is 0 Å². The molecule has 2 heterocycles. The summed E-state index contributed by atoms with van der Waals surface area (Å²) >= 11 is 0. The van der Waals surface area contributed by atoms with Crippen molar-refractivity contribution >= 4 is 10.0 Å². The summed E-state index contributed by atoms with van der Waals surface area (Å²) < 4.78 is 35.3. The normalized spacial score (nSPS) is 17.0.